The van der Waals surface area contributed by atoms with E-state index in [4.69, 9.17) is 0 Å². The molecule has 68 valence electrons. The summed E-state index contributed by atoms with van der Waals surface area (Å²) >= 11 is 0. The van der Waals surface area contributed by atoms with Gasteiger partial charge in [0.1, 0.15) is 0 Å². The van der Waals surface area contributed by atoms with E-state index in [1.807, 2.05) is 0 Å². The van der Waals surface area contributed by atoms with Gasteiger partial charge >= 0.3 is 0 Å². The SMILES string of the molecule is O=[N+]([O-])/C=C/S(=O)c1ccccc1. The lowest BCUT2D eigenvalue weighted by Crippen LogP contribution is -1.88. The first kappa shape index (κ1) is 9.60. The van der Waals surface area contributed by atoms with Gasteiger partial charge in [-0.05, 0) is 12.1 Å². The van der Waals surface area contributed by atoms with E-state index in [2.05, 4.69) is 0 Å². The molecular weight excluding hydrogens is 190 g/mol. The predicted molar refractivity (Wildman–Crippen MR) is 49.0 cm³/mol. The third-order valence-corrected chi connectivity index (χ3v) is 2.39. The normalized spacial score (nSPS) is 12.9. The Morgan fingerprint density at radius 2 is 1.92 bits per heavy atom. The van der Waals surface area contributed by atoms with Crippen LogP contribution in [0.25, 0.3) is 0 Å². The second kappa shape index (κ2) is 4.51. The van der Waals surface area contributed by atoms with Gasteiger partial charge in [0.15, 0.2) is 0 Å². The molecule has 0 bridgehead atoms. The van der Waals surface area contributed by atoms with Crippen molar-refractivity contribution in [3.8, 4) is 0 Å². The number of hydrogen-bond donors (Lipinski definition) is 0. The van der Waals surface area contributed by atoms with Gasteiger partial charge in [0.05, 0.1) is 21.1 Å². The molecule has 0 spiro atoms. The smallest absolute Gasteiger partial charge is 0.243 e. The molecule has 0 saturated carbocycles. The fourth-order valence-corrected chi connectivity index (χ4v) is 1.53. The lowest BCUT2D eigenvalue weighted by atomic mass is 10.4. The fraction of sp³-hybridized carbons (Fsp3) is 0. The van der Waals surface area contributed by atoms with Gasteiger partial charge in [0.2, 0.25) is 6.20 Å². The minimum absolute atomic E-state index is 0.556. The van der Waals surface area contributed by atoms with Crippen molar-refractivity contribution in [2.45, 2.75) is 4.90 Å². The zero-order valence-corrected chi connectivity index (χ0v) is 7.44. The summed E-state index contributed by atoms with van der Waals surface area (Å²) in [4.78, 5) is 9.84. The third-order valence-electron chi connectivity index (χ3n) is 1.28. The van der Waals surface area contributed by atoms with E-state index in [-0.39, 0.29) is 0 Å². The van der Waals surface area contributed by atoms with Gasteiger partial charge in [-0.2, -0.15) is 0 Å². The molecule has 0 fully saturated rings. The Bertz CT molecular complexity index is 348. The van der Waals surface area contributed by atoms with Gasteiger partial charge in [0.25, 0.3) is 0 Å². The monoisotopic (exact) mass is 197 g/mol. The molecule has 5 heteroatoms. The summed E-state index contributed by atoms with van der Waals surface area (Å²) in [5.41, 5.74) is 0. The maximum atomic E-state index is 11.3. The number of nitro groups is 1. The Labute approximate surface area is 77.5 Å². The summed E-state index contributed by atoms with van der Waals surface area (Å²) in [7, 11) is -1.43. The standard InChI is InChI=1S/C8H7NO3S/c10-9(11)6-7-13(12)8-4-2-1-3-5-8/h1-7H/b7-6+. The van der Waals surface area contributed by atoms with Crippen molar-refractivity contribution in [2.75, 3.05) is 0 Å². The highest BCUT2D eigenvalue weighted by Gasteiger charge is 1.98. The van der Waals surface area contributed by atoms with Crippen molar-refractivity contribution in [1.82, 2.24) is 0 Å². The van der Waals surface area contributed by atoms with Crippen molar-refractivity contribution >= 4 is 10.8 Å². The zero-order valence-electron chi connectivity index (χ0n) is 6.62. The van der Waals surface area contributed by atoms with Gasteiger partial charge in [0, 0.05) is 4.90 Å². The summed E-state index contributed by atoms with van der Waals surface area (Å²) < 4.78 is 11.3. The highest BCUT2D eigenvalue weighted by atomic mass is 32.2. The predicted octanol–water partition coefficient (Wildman–Crippen LogP) is 1.54. The summed E-state index contributed by atoms with van der Waals surface area (Å²) in [5.74, 6) is 0. The van der Waals surface area contributed by atoms with E-state index in [9.17, 15) is 14.3 Å². The van der Waals surface area contributed by atoms with E-state index in [1.165, 1.54) is 0 Å². The van der Waals surface area contributed by atoms with Crippen molar-refractivity contribution < 1.29 is 9.13 Å². The van der Waals surface area contributed by atoms with E-state index >= 15 is 0 Å². The molecule has 4 nitrogen and oxygen atoms in total. The quantitative estimate of drug-likeness (QED) is 0.545. The van der Waals surface area contributed by atoms with Crippen molar-refractivity contribution in [1.29, 1.82) is 0 Å². The number of nitrogens with zero attached hydrogens (tertiary/aromatic N) is 1. The van der Waals surface area contributed by atoms with Crippen LogP contribution in [0.2, 0.25) is 0 Å². The van der Waals surface area contributed by atoms with Gasteiger partial charge in [-0.1, -0.05) is 18.2 Å². The molecule has 0 aliphatic heterocycles. The van der Waals surface area contributed by atoms with Gasteiger partial charge < -0.3 is 0 Å². The molecule has 0 radical (unpaired) electrons. The van der Waals surface area contributed by atoms with E-state index in [0.717, 1.165) is 5.41 Å². The molecule has 13 heavy (non-hydrogen) atoms. The molecule has 0 amide bonds. The van der Waals surface area contributed by atoms with Crippen LogP contribution < -0.4 is 0 Å². The van der Waals surface area contributed by atoms with E-state index < -0.39 is 15.7 Å². The van der Waals surface area contributed by atoms with Crippen molar-refractivity contribution in [3.05, 3.63) is 52.1 Å². The highest BCUT2D eigenvalue weighted by Crippen LogP contribution is 2.05. The molecule has 0 saturated heterocycles. The molecule has 0 N–H and O–H groups in total. The largest absolute Gasteiger partial charge is 0.259 e. The van der Waals surface area contributed by atoms with Crippen LogP contribution in [-0.4, -0.2) is 9.13 Å². The summed E-state index contributed by atoms with van der Waals surface area (Å²) in [6.45, 7) is 0. The molecule has 0 aliphatic rings. The molecule has 1 aromatic carbocycles. The molecule has 1 aromatic rings. The first-order chi connectivity index (χ1) is 6.20. The highest BCUT2D eigenvalue weighted by molar-refractivity contribution is 7.88. The first-order valence-corrected chi connectivity index (χ1v) is 4.69. The number of rotatable bonds is 3. The van der Waals surface area contributed by atoms with Crippen LogP contribution in [0.5, 0.6) is 0 Å². The Morgan fingerprint density at radius 1 is 1.31 bits per heavy atom. The third kappa shape index (κ3) is 3.16. The fourth-order valence-electron chi connectivity index (χ4n) is 0.738. The number of hydrogen-bond acceptors (Lipinski definition) is 3. The van der Waals surface area contributed by atoms with Crippen LogP contribution in [0.3, 0.4) is 0 Å². The average Bonchev–Trinajstić information content (AvgIpc) is 2.15. The van der Waals surface area contributed by atoms with Gasteiger partial charge in [-0.3, -0.25) is 10.1 Å². The summed E-state index contributed by atoms with van der Waals surface area (Å²) in [6.07, 6.45) is 0.684. The van der Waals surface area contributed by atoms with E-state index in [1.54, 1.807) is 30.3 Å². The Balaban J connectivity index is 2.76. The maximum Gasteiger partial charge on any atom is 0.243 e. The molecule has 0 heterocycles. The van der Waals surface area contributed by atoms with Crippen LogP contribution in [0.4, 0.5) is 0 Å². The van der Waals surface area contributed by atoms with Crippen molar-refractivity contribution in [2.24, 2.45) is 0 Å². The first-order valence-electron chi connectivity index (χ1n) is 3.47. The Morgan fingerprint density at radius 3 is 2.46 bits per heavy atom. The van der Waals surface area contributed by atoms with Gasteiger partial charge in [-0.15, -0.1) is 0 Å². The molecule has 1 atom stereocenters. The molecule has 0 aliphatic carbocycles. The van der Waals surface area contributed by atoms with Gasteiger partial charge in [-0.25, -0.2) is 4.21 Å². The van der Waals surface area contributed by atoms with Crippen LogP contribution in [0, 0.1) is 10.1 Å². The summed E-state index contributed by atoms with van der Waals surface area (Å²) in [5, 5.41) is 11.0. The molecule has 1 unspecified atom stereocenters. The minimum atomic E-state index is -1.43. The van der Waals surface area contributed by atoms with Crippen LogP contribution in [0.1, 0.15) is 0 Å². The summed E-state index contributed by atoms with van der Waals surface area (Å²) in [6, 6.07) is 8.55. The molecule has 1 rings (SSSR count). The second-order valence-electron chi connectivity index (χ2n) is 2.18. The maximum absolute atomic E-state index is 11.3. The topological polar surface area (TPSA) is 60.2 Å². The molecular formula is C8H7NO3S. The number of benzene rings is 1. The second-order valence-corrected chi connectivity index (χ2v) is 3.52. The minimum Gasteiger partial charge on any atom is -0.259 e. The lowest BCUT2D eigenvalue weighted by Gasteiger charge is -1.92. The average molecular weight is 197 g/mol. The van der Waals surface area contributed by atoms with E-state index in [0.29, 0.717) is 11.1 Å². The Kier molecular flexibility index (Phi) is 3.33. The van der Waals surface area contributed by atoms with Crippen LogP contribution in [0.15, 0.2) is 46.8 Å². The molecule has 0 aromatic heterocycles. The Hall–Kier alpha value is -1.49. The van der Waals surface area contributed by atoms with Crippen LogP contribution in [-0.2, 0) is 10.8 Å². The zero-order chi connectivity index (χ0) is 9.68. The van der Waals surface area contributed by atoms with Crippen LogP contribution >= 0.6 is 0 Å². The van der Waals surface area contributed by atoms with Crippen molar-refractivity contribution in [3.63, 3.8) is 0 Å². The lowest BCUT2D eigenvalue weighted by molar-refractivity contribution is -0.402.